The van der Waals surface area contributed by atoms with Crippen LogP contribution in [0.1, 0.15) is 49.9 Å². The number of rotatable bonds is 3. The Bertz CT molecular complexity index is 2630. The van der Waals surface area contributed by atoms with Crippen LogP contribution in [-0.4, -0.2) is 0 Å². The van der Waals surface area contributed by atoms with Gasteiger partial charge in [0, 0.05) is 32.9 Å². The molecule has 0 saturated heterocycles. The first-order chi connectivity index (χ1) is 23.3. The summed E-state index contributed by atoms with van der Waals surface area (Å²) in [5.74, 6) is 0. The van der Waals surface area contributed by atoms with Crippen molar-refractivity contribution in [3.8, 4) is 22.3 Å². The number of hydrogen-bond acceptors (Lipinski definition) is 2. The fraction of sp³-hybridized carbons (Fsp3) is 0.130. The van der Waals surface area contributed by atoms with Crippen LogP contribution in [0.3, 0.4) is 0 Å². The molecule has 0 aliphatic heterocycles. The van der Waals surface area contributed by atoms with Gasteiger partial charge in [0.1, 0.15) is 5.58 Å². The molecule has 48 heavy (non-hydrogen) atoms. The molecular weight excluding hydrogens is 583 g/mol. The summed E-state index contributed by atoms with van der Waals surface area (Å²) < 4.78 is 6.89. The third-order valence-electron chi connectivity index (χ3n) is 11.2. The molecule has 10 rings (SSSR count). The zero-order valence-corrected chi connectivity index (χ0v) is 27.6. The van der Waals surface area contributed by atoms with Crippen molar-refractivity contribution in [3.05, 3.63) is 162 Å². The first-order valence-electron chi connectivity index (χ1n) is 16.9. The van der Waals surface area contributed by atoms with Gasteiger partial charge in [0.05, 0.1) is 11.4 Å². The molecule has 2 aliphatic rings. The van der Waals surface area contributed by atoms with E-state index in [2.05, 4.69) is 172 Å². The van der Waals surface area contributed by atoms with Crippen LogP contribution in [0.4, 0.5) is 17.1 Å². The Hall–Kier alpha value is -5.60. The fourth-order valence-electron chi connectivity index (χ4n) is 8.90. The van der Waals surface area contributed by atoms with Crippen molar-refractivity contribution in [3.63, 3.8) is 0 Å². The van der Waals surface area contributed by atoms with Crippen molar-refractivity contribution in [1.29, 1.82) is 0 Å². The number of para-hydroxylation sites is 1. The lowest BCUT2D eigenvalue weighted by Gasteiger charge is -2.30. The Balaban J connectivity index is 1.34. The average molecular weight is 618 g/mol. The number of nitrogens with zero attached hydrogens (tertiary/aromatic N) is 1. The minimum atomic E-state index is -0.118. The third-order valence-corrected chi connectivity index (χ3v) is 11.2. The maximum atomic E-state index is 6.89. The standard InChI is InChI=1S/C46H35NO/c1-45(2)35-19-10-7-16-31(35)34-27-29(24-25-37(34)45)47(39-22-13-21-38-43(39)32-17-8-11-20-36(32)46(38,3)4)40-26-28-14-5-6-15-30(28)42-33-18-9-12-23-41(33)48-44(40)42/h5-27H,1-4H3. The van der Waals surface area contributed by atoms with Crippen LogP contribution in [-0.2, 0) is 10.8 Å². The minimum absolute atomic E-state index is 0.0683. The van der Waals surface area contributed by atoms with E-state index in [0.717, 1.165) is 39.0 Å². The lowest BCUT2D eigenvalue weighted by molar-refractivity contribution is 0.660. The minimum Gasteiger partial charge on any atom is -0.454 e. The van der Waals surface area contributed by atoms with Gasteiger partial charge in [0.2, 0.25) is 0 Å². The Kier molecular flexibility index (Phi) is 5.44. The highest BCUT2D eigenvalue weighted by molar-refractivity contribution is 6.23. The van der Waals surface area contributed by atoms with Gasteiger partial charge >= 0.3 is 0 Å². The van der Waals surface area contributed by atoms with E-state index < -0.39 is 0 Å². The van der Waals surface area contributed by atoms with Crippen molar-refractivity contribution < 1.29 is 4.42 Å². The van der Waals surface area contributed by atoms with Crippen molar-refractivity contribution in [2.45, 2.75) is 38.5 Å². The summed E-state index contributed by atoms with van der Waals surface area (Å²) in [7, 11) is 0. The van der Waals surface area contributed by atoms with E-state index in [9.17, 15) is 0 Å². The molecule has 8 aromatic rings. The Labute approximate surface area is 280 Å². The molecule has 2 nitrogen and oxygen atoms in total. The smallest absolute Gasteiger partial charge is 0.160 e. The Morgan fingerprint density at radius 3 is 1.94 bits per heavy atom. The van der Waals surface area contributed by atoms with Gasteiger partial charge in [-0.15, -0.1) is 0 Å². The summed E-state index contributed by atoms with van der Waals surface area (Å²) in [6.07, 6.45) is 0. The first-order valence-corrected chi connectivity index (χ1v) is 16.9. The molecule has 0 bridgehead atoms. The third kappa shape index (κ3) is 3.52. The van der Waals surface area contributed by atoms with E-state index >= 15 is 0 Å². The first kappa shape index (κ1) is 27.5. The molecule has 7 aromatic carbocycles. The van der Waals surface area contributed by atoms with E-state index in [-0.39, 0.29) is 10.8 Å². The quantitative estimate of drug-likeness (QED) is 0.196. The van der Waals surface area contributed by atoms with Gasteiger partial charge in [-0.05, 0) is 80.0 Å². The molecule has 0 fully saturated rings. The van der Waals surface area contributed by atoms with Gasteiger partial charge in [-0.1, -0.05) is 137 Å². The molecule has 0 spiro atoms. The molecule has 0 saturated carbocycles. The molecule has 0 N–H and O–H groups in total. The largest absolute Gasteiger partial charge is 0.454 e. The molecule has 0 radical (unpaired) electrons. The van der Waals surface area contributed by atoms with Crippen LogP contribution in [0.2, 0.25) is 0 Å². The van der Waals surface area contributed by atoms with Crippen LogP contribution in [0.15, 0.2) is 144 Å². The summed E-state index contributed by atoms with van der Waals surface area (Å²) in [5, 5.41) is 4.69. The van der Waals surface area contributed by atoms with Crippen LogP contribution in [0.5, 0.6) is 0 Å². The number of anilines is 3. The Morgan fingerprint density at radius 1 is 0.479 bits per heavy atom. The SMILES string of the molecule is CC1(C)c2ccccc2-c2cc(N(c3cccc4c3-c3ccccc3C4(C)C)c3cc4ccccc4c4c3oc3ccccc34)ccc21. The second-order valence-electron chi connectivity index (χ2n) is 14.5. The second kappa shape index (κ2) is 9.49. The lowest BCUT2D eigenvalue weighted by atomic mass is 9.82. The molecule has 0 amide bonds. The zero-order chi connectivity index (χ0) is 32.4. The molecular formula is C46H35NO. The highest BCUT2D eigenvalue weighted by Crippen LogP contribution is 2.57. The highest BCUT2D eigenvalue weighted by atomic mass is 16.3. The van der Waals surface area contributed by atoms with Gasteiger partial charge in [-0.2, -0.15) is 0 Å². The topological polar surface area (TPSA) is 16.4 Å². The summed E-state index contributed by atoms with van der Waals surface area (Å²) >= 11 is 0. The number of fused-ring (bicyclic) bond motifs is 11. The van der Waals surface area contributed by atoms with Gasteiger partial charge in [-0.3, -0.25) is 0 Å². The van der Waals surface area contributed by atoms with Gasteiger partial charge in [-0.25, -0.2) is 0 Å². The van der Waals surface area contributed by atoms with Crippen molar-refractivity contribution in [2.75, 3.05) is 4.90 Å². The molecule has 1 aromatic heterocycles. The fourth-order valence-corrected chi connectivity index (χ4v) is 8.90. The number of hydrogen-bond donors (Lipinski definition) is 0. The van der Waals surface area contributed by atoms with E-state index in [1.54, 1.807) is 0 Å². The average Bonchev–Trinajstić information content (AvgIpc) is 3.70. The maximum Gasteiger partial charge on any atom is 0.160 e. The molecule has 230 valence electrons. The van der Waals surface area contributed by atoms with Crippen molar-refractivity contribution >= 4 is 49.8 Å². The van der Waals surface area contributed by atoms with Crippen LogP contribution >= 0.6 is 0 Å². The summed E-state index contributed by atoms with van der Waals surface area (Å²) in [4.78, 5) is 2.47. The summed E-state index contributed by atoms with van der Waals surface area (Å²) in [5.41, 5.74) is 15.6. The Morgan fingerprint density at radius 2 is 1.10 bits per heavy atom. The van der Waals surface area contributed by atoms with E-state index in [4.69, 9.17) is 4.42 Å². The summed E-state index contributed by atoms with van der Waals surface area (Å²) in [6, 6.07) is 51.3. The lowest BCUT2D eigenvalue weighted by Crippen LogP contribution is -2.16. The van der Waals surface area contributed by atoms with Crippen LogP contribution in [0, 0.1) is 0 Å². The molecule has 0 atom stereocenters. The van der Waals surface area contributed by atoms with E-state index in [1.807, 2.05) is 0 Å². The normalized spacial score (nSPS) is 15.0. The van der Waals surface area contributed by atoms with Gasteiger partial charge in [0.15, 0.2) is 5.58 Å². The predicted molar refractivity (Wildman–Crippen MR) is 201 cm³/mol. The molecule has 0 unspecified atom stereocenters. The predicted octanol–water partition coefficient (Wildman–Crippen LogP) is 12.8. The van der Waals surface area contributed by atoms with Gasteiger partial charge in [0.25, 0.3) is 0 Å². The molecule has 2 aliphatic carbocycles. The van der Waals surface area contributed by atoms with Crippen molar-refractivity contribution in [2.24, 2.45) is 0 Å². The summed E-state index contributed by atoms with van der Waals surface area (Å²) in [6.45, 7) is 9.40. The van der Waals surface area contributed by atoms with Crippen LogP contribution in [0.25, 0.3) is 55.0 Å². The highest BCUT2D eigenvalue weighted by Gasteiger charge is 2.39. The van der Waals surface area contributed by atoms with Crippen LogP contribution < -0.4 is 4.90 Å². The number of benzene rings is 7. The van der Waals surface area contributed by atoms with E-state index in [1.165, 1.54) is 55.3 Å². The monoisotopic (exact) mass is 617 g/mol. The number of furan rings is 1. The molecule has 2 heteroatoms. The molecule has 1 heterocycles. The second-order valence-corrected chi connectivity index (χ2v) is 14.5. The van der Waals surface area contributed by atoms with E-state index in [0.29, 0.717) is 0 Å². The zero-order valence-electron chi connectivity index (χ0n) is 27.6. The van der Waals surface area contributed by atoms with Crippen molar-refractivity contribution in [1.82, 2.24) is 0 Å². The maximum absolute atomic E-state index is 6.89. The van der Waals surface area contributed by atoms with Gasteiger partial charge < -0.3 is 9.32 Å².